The SMILES string of the molecule is CCN1CCN(C(CC(C)=O)c2ccccc2C)CC1. The van der Waals surface area contributed by atoms with Gasteiger partial charge in [-0.2, -0.15) is 0 Å². The van der Waals surface area contributed by atoms with E-state index >= 15 is 0 Å². The molecule has 110 valence electrons. The third-order valence-electron chi connectivity index (χ3n) is 4.32. The third-order valence-corrected chi connectivity index (χ3v) is 4.32. The first-order chi connectivity index (χ1) is 9.61. The van der Waals surface area contributed by atoms with Crippen molar-refractivity contribution in [2.24, 2.45) is 0 Å². The summed E-state index contributed by atoms with van der Waals surface area (Å²) in [5.74, 6) is 0.274. The van der Waals surface area contributed by atoms with Crippen LogP contribution in [0, 0.1) is 6.92 Å². The smallest absolute Gasteiger partial charge is 0.131 e. The number of likely N-dealkylation sites (N-methyl/N-ethyl adjacent to an activating group) is 1. The first-order valence-corrected chi connectivity index (χ1v) is 7.63. The maximum absolute atomic E-state index is 11.7. The van der Waals surface area contributed by atoms with Gasteiger partial charge in [-0.25, -0.2) is 0 Å². The number of hydrogen-bond donors (Lipinski definition) is 0. The average Bonchev–Trinajstić information content (AvgIpc) is 2.46. The molecule has 1 aliphatic heterocycles. The largest absolute Gasteiger partial charge is 0.301 e. The number of carbonyl (C=O) groups excluding carboxylic acids is 1. The number of aryl methyl sites for hydroxylation is 1. The van der Waals surface area contributed by atoms with Gasteiger partial charge in [-0.05, 0) is 31.5 Å². The highest BCUT2D eigenvalue weighted by atomic mass is 16.1. The Morgan fingerprint density at radius 3 is 2.40 bits per heavy atom. The number of hydrogen-bond acceptors (Lipinski definition) is 3. The first-order valence-electron chi connectivity index (χ1n) is 7.63. The Bertz CT molecular complexity index is 450. The van der Waals surface area contributed by atoms with Crippen LogP contribution in [-0.2, 0) is 4.79 Å². The Morgan fingerprint density at radius 2 is 1.85 bits per heavy atom. The van der Waals surface area contributed by atoms with Crippen molar-refractivity contribution in [3.63, 3.8) is 0 Å². The fourth-order valence-corrected chi connectivity index (χ4v) is 3.06. The predicted octanol–water partition coefficient (Wildman–Crippen LogP) is 2.65. The van der Waals surface area contributed by atoms with Gasteiger partial charge in [-0.15, -0.1) is 0 Å². The van der Waals surface area contributed by atoms with Crippen LogP contribution in [0.15, 0.2) is 24.3 Å². The summed E-state index contributed by atoms with van der Waals surface area (Å²) in [6.45, 7) is 11.5. The fraction of sp³-hybridized carbons (Fsp3) is 0.588. The molecule has 0 saturated carbocycles. The van der Waals surface area contributed by atoms with Crippen LogP contribution in [-0.4, -0.2) is 48.3 Å². The molecule has 0 amide bonds. The lowest BCUT2D eigenvalue weighted by atomic mass is 9.95. The summed E-state index contributed by atoms with van der Waals surface area (Å²) in [4.78, 5) is 16.6. The molecule has 0 radical (unpaired) electrons. The van der Waals surface area contributed by atoms with Crippen molar-refractivity contribution in [2.75, 3.05) is 32.7 Å². The van der Waals surface area contributed by atoms with E-state index in [1.165, 1.54) is 11.1 Å². The van der Waals surface area contributed by atoms with Crippen molar-refractivity contribution < 1.29 is 4.79 Å². The quantitative estimate of drug-likeness (QED) is 0.824. The minimum absolute atomic E-state index is 0.243. The van der Waals surface area contributed by atoms with Gasteiger partial charge in [-0.1, -0.05) is 31.2 Å². The molecule has 1 aromatic carbocycles. The lowest BCUT2D eigenvalue weighted by molar-refractivity contribution is -0.118. The molecule has 0 N–H and O–H groups in total. The molecule has 1 atom stereocenters. The normalized spacial score (nSPS) is 18.9. The highest BCUT2D eigenvalue weighted by Crippen LogP contribution is 2.28. The highest BCUT2D eigenvalue weighted by Gasteiger charge is 2.26. The van der Waals surface area contributed by atoms with Crippen LogP contribution in [0.1, 0.15) is 37.4 Å². The fourth-order valence-electron chi connectivity index (χ4n) is 3.06. The zero-order chi connectivity index (χ0) is 14.5. The Labute approximate surface area is 122 Å². The zero-order valence-electron chi connectivity index (χ0n) is 12.9. The van der Waals surface area contributed by atoms with Gasteiger partial charge in [0.05, 0.1) is 0 Å². The molecule has 0 aromatic heterocycles. The second-order valence-corrected chi connectivity index (χ2v) is 5.75. The van der Waals surface area contributed by atoms with E-state index in [0.717, 1.165) is 32.7 Å². The topological polar surface area (TPSA) is 23.6 Å². The Hall–Kier alpha value is -1.19. The molecule has 1 unspecified atom stereocenters. The van der Waals surface area contributed by atoms with Gasteiger partial charge in [0.15, 0.2) is 0 Å². The number of benzene rings is 1. The van der Waals surface area contributed by atoms with Gasteiger partial charge in [0, 0.05) is 38.6 Å². The Kier molecular flexibility index (Phi) is 5.32. The molecule has 1 fully saturated rings. The summed E-state index contributed by atoms with van der Waals surface area (Å²) >= 11 is 0. The molecule has 3 nitrogen and oxygen atoms in total. The number of nitrogens with zero attached hydrogens (tertiary/aromatic N) is 2. The van der Waals surface area contributed by atoms with E-state index in [4.69, 9.17) is 0 Å². The van der Waals surface area contributed by atoms with Crippen LogP contribution in [0.4, 0.5) is 0 Å². The summed E-state index contributed by atoms with van der Waals surface area (Å²) in [6, 6.07) is 8.71. The number of Topliss-reactive ketones (excluding diaryl/α,β-unsaturated/α-hetero) is 1. The minimum Gasteiger partial charge on any atom is -0.301 e. The van der Waals surface area contributed by atoms with E-state index in [2.05, 4.69) is 47.9 Å². The predicted molar refractivity (Wildman–Crippen MR) is 82.9 cm³/mol. The summed E-state index contributed by atoms with van der Waals surface area (Å²) < 4.78 is 0. The van der Waals surface area contributed by atoms with Crippen LogP contribution in [0.25, 0.3) is 0 Å². The molecule has 1 aromatic rings. The number of ketones is 1. The second kappa shape index (κ2) is 7.00. The first kappa shape index (κ1) is 15.2. The summed E-state index contributed by atoms with van der Waals surface area (Å²) in [5, 5.41) is 0. The van der Waals surface area contributed by atoms with E-state index in [-0.39, 0.29) is 11.8 Å². The van der Waals surface area contributed by atoms with Gasteiger partial charge < -0.3 is 4.90 Å². The molecule has 0 aliphatic carbocycles. The van der Waals surface area contributed by atoms with E-state index < -0.39 is 0 Å². The maximum atomic E-state index is 11.7. The summed E-state index contributed by atoms with van der Waals surface area (Å²) in [5.41, 5.74) is 2.60. The van der Waals surface area contributed by atoms with Gasteiger partial charge in [-0.3, -0.25) is 9.69 Å². The molecule has 1 heterocycles. The molecule has 3 heteroatoms. The molecular weight excluding hydrogens is 248 g/mol. The molecule has 20 heavy (non-hydrogen) atoms. The van der Waals surface area contributed by atoms with Crippen molar-refractivity contribution >= 4 is 5.78 Å². The van der Waals surface area contributed by atoms with Gasteiger partial charge in [0.2, 0.25) is 0 Å². The van der Waals surface area contributed by atoms with Crippen molar-refractivity contribution in [3.05, 3.63) is 35.4 Å². The van der Waals surface area contributed by atoms with Gasteiger partial charge in [0.1, 0.15) is 5.78 Å². The van der Waals surface area contributed by atoms with Crippen molar-refractivity contribution in [3.8, 4) is 0 Å². The van der Waals surface area contributed by atoms with Crippen molar-refractivity contribution in [1.29, 1.82) is 0 Å². The minimum atomic E-state index is 0.243. The molecule has 0 spiro atoms. The Morgan fingerprint density at radius 1 is 1.20 bits per heavy atom. The number of piperazine rings is 1. The second-order valence-electron chi connectivity index (χ2n) is 5.75. The average molecular weight is 274 g/mol. The lowest BCUT2D eigenvalue weighted by Crippen LogP contribution is -2.47. The van der Waals surface area contributed by atoms with Crippen molar-refractivity contribution in [1.82, 2.24) is 9.80 Å². The van der Waals surface area contributed by atoms with Gasteiger partial charge in [0.25, 0.3) is 0 Å². The zero-order valence-corrected chi connectivity index (χ0v) is 12.9. The molecule has 2 rings (SSSR count). The third kappa shape index (κ3) is 3.68. The molecular formula is C17H26N2O. The molecule has 0 bridgehead atoms. The summed E-state index contributed by atoms with van der Waals surface area (Å²) in [6.07, 6.45) is 0.622. The molecule has 1 aliphatic rings. The monoisotopic (exact) mass is 274 g/mol. The van der Waals surface area contributed by atoms with E-state index in [1.54, 1.807) is 6.92 Å². The van der Waals surface area contributed by atoms with Crippen LogP contribution in [0.3, 0.4) is 0 Å². The van der Waals surface area contributed by atoms with Crippen LogP contribution >= 0.6 is 0 Å². The van der Waals surface area contributed by atoms with Gasteiger partial charge >= 0.3 is 0 Å². The van der Waals surface area contributed by atoms with E-state index in [9.17, 15) is 4.79 Å². The van der Waals surface area contributed by atoms with E-state index in [0.29, 0.717) is 6.42 Å². The van der Waals surface area contributed by atoms with Crippen LogP contribution in [0.5, 0.6) is 0 Å². The van der Waals surface area contributed by atoms with Crippen molar-refractivity contribution in [2.45, 2.75) is 33.2 Å². The highest BCUT2D eigenvalue weighted by molar-refractivity contribution is 5.76. The lowest BCUT2D eigenvalue weighted by Gasteiger charge is -2.39. The standard InChI is InChI=1S/C17H26N2O/c1-4-18-9-11-19(12-10-18)17(13-15(3)20)16-8-6-5-7-14(16)2/h5-8,17H,4,9-13H2,1-3H3. The number of rotatable bonds is 5. The molecule has 1 saturated heterocycles. The number of carbonyl (C=O) groups is 1. The maximum Gasteiger partial charge on any atom is 0.131 e. The van der Waals surface area contributed by atoms with Crippen LogP contribution in [0.2, 0.25) is 0 Å². The van der Waals surface area contributed by atoms with E-state index in [1.807, 2.05) is 0 Å². The summed E-state index contributed by atoms with van der Waals surface area (Å²) in [7, 11) is 0. The Balaban J connectivity index is 2.16. The van der Waals surface area contributed by atoms with Crippen LogP contribution < -0.4 is 0 Å².